The molecule has 0 saturated carbocycles. The molecule has 0 fully saturated rings. The van der Waals surface area contributed by atoms with Gasteiger partial charge >= 0.3 is 6.36 Å². The summed E-state index contributed by atoms with van der Waals surface area (Å²) in [4.78, 5) is 3.68. The van der Waals surface area contributed by atoms with E-state index in [9.17, 15) is 13.2 Å². The minimum absolute atomic E-state index is 0.101. The molecule has 0 aliphatic rings. The summed E-state index contributed by atoms with van der Waals surface area (Å²) >= 11 is 4.55. The van der Waals surface area contributed by atoms with Gasteiger partial charge in [0.25, 0.3) is 0 Å². The molecule has 0 saturated heterocycles. The number of nitriles is 1. The quantitative estimate of drug-likeness (QED) is 0.544. The maximum absolute atomic E-state index is 12.0. The zero-order valence-electron chi connectivity index (χ0n) is 6.77. The van der Waals surface area contributed by atoms with Crippen LogP contribution in [0.15, 0.2) is 10.8 Å². The lowest BCUT2D eigenvalue weighted by atomic mass is 10.3. The fourth-order valence-corrected chi connectivity index (χ4v) is 1.57. The lowest BCUT2D eigenvalue weighted by Gasteiger charge is -2.11. The van der Waals surface area contributed by atoms with Crippen LogP contribution in [0.5, 0.6) is 5.75 Å². The summed E-state index contributed by atoms with van der Waals surface area (Å²) in [5, 5.41) is 8.57. The van der Waals surface area contributed by atoms with E-state index in [0.717, 1.165) is 6.20 Å². The Balaban J connectivity index is 3.26. The molecule has 1 aromatic rings. The van der Waals surface area contributed by atoms with E-state index in [1.54, 1.807) is 28.7 Å². The van der Waals surface area contributed by atoms with Crippen LogP contribution < -0.4 is 4.74 Å². The average molecular weight is 393 g/mol. The third-order valence-corrected chi connectivity index (χ3v) is 3.61. The van der Waals surface area contributed by atoms with Gasteiger partial charge in [-0.05, 0) is 38.5 Å². The molecule has 0 bridgehead atoms. The molecule has 1 heterocycles. The van der Waals surface area contributed by atoms with Crippen molar-refractivity contribution in [1.82, 2.24) is 4.98 Å². The van der Waals surface area contributed by atoms with Gasteiger partial charge in [-0.25, -0.2) is 4.98 Å². The van der Waals surface area contributed by atoms with Gasteiger partial charge in [-0.2, -0.15) is 5.26 Å². The second-order valence-electron chi connectivity index (χ2n) is 2.27. The van der Waals surface area contributed by atoms with Crippen LogP contribution in [0.1, 0.15) is 5.56 Å². The molecule has 0 aliphatic heterocycles. The van der Waals surface area contributed by atoms with Gasteiger partial charge in [-0.1, -0.05) is 0 Å². The standard InChI is InChI=1S/C7HBrF3IN2O/c8-6-4(12)5(15-7(9,10)11)3(1-13)2-14-6/h2H. The Morgan fingerprint density at radius 3 is 2.60 bits per heavy atom. The van der Waals surface area contributed by atoms with Crippen LogP contribution in [-0.2, 0) is 0 Å². The molecule has 0 unspecified atom stereocenters. The molecule has 0 radical (unpaired) electrons. The number of halogens is 5. The molecule has 1 rings (SSSR count). The van der Waals surface area contributed by atoms with Crippen molar-refractivity contribution >= 4 is 38.5 Å². The summed E-state index contributed by atoms with van der Waals surface area (Å²) in [5.74, 6) is -0.535. The number of hydrogen-bond donors (Lipinski definition) is 0. The topological polar surface area (TPSA) is 45.9 Å². The highest BCUT2D eigenvalue weighted by atomic mass is 127. The first-order valence-corrected chi connectivity index (χ1v) is 5.22. The van der Waals surface area contributed by atoms with E-state index in [1.807, 2.05) is 0 Å². The van der Waals surface area contributed by atoms with Crippen molar-refractivity contribution in [2.24, 2.45) is 0 Å². The number of ether oxygens (including phenoxy) is 1. The Labute approximate surface area is 105 Å². The van der Waals surface area contributed by atoms with Gasteiger partial charge in [0.15, 0.2) is 5.75 Å². The monoisotopic (exact) mass is 392 g/mol. The fourth-order valence-electron chi connectivity index (χ4n) is 0.744. The highest BCUT2D eigenvalue weighted by molar-refractivity contribution is 14.1. The molecule has 0 spiro atoms. The maximum atomic E-state index is 12.0. The van der Waals surface area contributed by atoms with Crippen LogP contribution in [0.25, 0.3) is 0 Å². The third kappa shape index (κ3) is 3.20. The summed E-state index contributed by atoms with van der Waals surface area (Å²) in [6.07, 6.45) is -3.82. The van der Waals surface area contributed by atoms with Crippen molar-refractivity contribution in [3.63, 3.8) is 0 Å². The number of hydrogen-bond acceptors (Lipinski definition) is 3. The SMILES string of the molecule is N#Cc1cnc(Br)c(I)c1OC(F)(F)F. The number of pyridine rings is 1. The molecule has 80 valence electrons. The van der Waals surface area contributed by atoms with Gasteiger partial charge in [0.1, 0.15) is 16.2 Å². The van der Waals surface area contributed by atoms with E-state index in [1.165, 1.54) is 0 Å². The van der Waals surface area contributed by atoms with Gasteiger partial charge < -0.3 is 4.74 Å². The fraction of sp³-hybridized carbons (Fsp3) is 0.143. The Kier molecular flexibility index (Phi) is 3.77. The number of nitrogens with zero attached hydrogens (tertiary/aromatic N) is 2. The van der Waals surface area contributed by atoms with Crippen molar-refractivity contribution in [1.29, 1.82) is 5.26 Å². The van der Waals surface area contributed by atoms with Crippen molar-refractivity contribution in [2.45, 2.75) is 6.36 Å². The molecule has 0 N–H and O–H groups in total. The second kappa shape index (κ2) is 4.52. The zero-order chi connectivity index (χ0) is 11.6. The van der Waals surface area contributed by atoms with E-state index in [0.29, 0.717) is 0 Å². The Bertz CT molecular complexity index is 429. The summed E-state index contributed by atoms with van der Waals surface area (Å²) in [7, 11) is 0. The van der Waals surface area contributed by atoms with Crippen molar-refractivity contribution in [3.8, 4) is 11.8 Å². The smallest absolute Gasteiger partial charge is 0.403 e. The first-order valence-electron chi connectivity index (χ1n) is 3.35. The van der Waals surface area contributed by atoms with Crippen molar-refractivity contribution < 1.29 is 17.9 Å². The normalized spacial score (nSPS) is 10.9. The maximum Gasteiger partial charge on any atom is 0.573 e. The summed E-state index contributed by atoms with van der Waals surface area (Å²) < 4.78 is 40.0. The predicted octanol–water partition coefficient (Wildman–Crippen LogP) is 3.22. The molecule has 0 atom stereocenters. The first-order chi connectivity index (χ1) is 6.85. The van der Waals surface area contributed by atoms with Crippen LogP contribution in [0, 0.1) is 14.9 Å². The minimum atomic E-state index is -4.83. The van der Waals surface area contributed by atoms with Crippen molar-refractivity contribution in [2.75, 3.05) is 0 Å². The Hall–Kier alpha value is -0.560. The van der Waals surface area contributed by atoms with E-state index in [4.69, 9.17) is 5.26 Å². The number of alkyl halides is 3. The van der Waals surface area contributed by atoms with Crippen LogP contribution in [-0.4, -0.2) is 11.3 Å². The summed E-state index contributed by atoms with van der Waals surface area (Å²) in [6.45, 7) is 0. The van der Waals surface area contributed by atoms with E-state index in [-0.39, 0.29) is 13.7 Å². The lowest BCUT2D eigenvalue weighted by Crippen LogP contribution is -2.19. The molecular weight excluding hydrogens is 392 g/mol. The number of aromatic nitrogens is 1. The molecule has 8 heteroatoms. The summed E-state index contributed by atoms with van der Waals surface area (Å²) in [5.41, 5.74) is -0.264. The first kappa shape index (κ1) is 12.5. The third-order valence-electron chi connectivity index (χ3n) is 1.27. The van der Waals surface area contributed by atoms with Gasteiger partial charge in [-0.15, -0.1) is 13.2 Å². The highest BCUT2D eigenvalue weighted by Crippen LogP contribution is 2.33. The zero-order valence-corrected chi connectivity index (χ0v) is 10.5. The minimum Gasteiger partial charge on any atom is -0.403 e. The predicted molar refractivity (Wildman–Crippen MR) is 56.1 cm³/mol. The molecule has 0 aliphatic carbocycles. The highest BCUT2D eigenvalue weighted by Gasteiger charge is 2.33. The molecule has 3 nitrogen and oxygen atoms in total. The molecule has 15 heavy (non-hydrogen) atoms. The van der Waals surface area contributed by atoms with Crippen LogP contribution in [0.2, 0.25) is 0 Å². The van der Waals surface area contributed by atoms with Crippen molar-refractivity contribution in [3.05, 3.63) is 19.9 Å². The molecular formula is C7HBrF3IN2O. The van der Waals surface area contributed by atoms with Gasteiger partial charge in [0.05, 0.1) is 3.57 Å². The van der Waals surface area contributed by atoms with Gasteiger partial charge in [0.2, 0.25) is 0 Å². The largest absolute Gasteiger partial charge is 0.573 e. The Morgan fingerprint density at radius 1 is 1.53 bits per heavy atom. The van der Waals surface area contributed by atoms with Crippen LogP contribution in [0.3, 0.4) is 0 Å². The van der Waals surface area contributed by atoms with E-state index < -0.39 is 12.1 Å². The Morgan fingerprint density at radius 2 is 2.13 bits per heavy atom. The molecule has 1 aromatic heterocycles. The van der Waals surface area contributed by atoms with Crippen LogP contribution >= 0.6 is 38.5 Å². The van der Waals surface area contributed by atoms with E-state index >= 15 is 0 Å². The molecule has 0 aromatic carbocycles. The van der Waals surface area contributed by atoms with Gasteiger partial charge in [0, 0.05) is 6.20 Å². The average Bonchev–Trinajstić information content (AvgIpc) is 2.11. The lowest BCUT2D eigenvalue weighted by molar-refractivity contribution is -0.275. The van der Waals surface area contributed by atoms with E-state index in [2.05, 4.69) is 25.7 Å². The second-order valence-corrected chi connectivity index (χ2v) is 4.10. The van der Waals surface area contributed by atoms with Crippen LogP contribution in [0.4, 0.5) is 13.2 Å². The number of rotatable bonds is 1. The summed E-state index contributed by atoms with van der Waals surface area (Å²) in [6, 6.07) is 1.57. The molecule has 0 amide bonds. The van der Waals surface area contributed by atoms with Gasteiger partial charge in [-0.3, -0.25) is 0 Å².